The Balaban J connectivity index is 2.46. The maximum Gasteiger partial charge on any atom is 0.268 e. The molecule has 0 bridgehead atoms. The minimum atomic E-state index is -0.406. The number of amides is 1. The summed E-state index contributed by atoms with van der Waals surface area (Å²) in [6, 6.07) is 6.11. The van der Waals surface area contributed by atoms with Gasteiger partial charge in [-0.2, -0.15) is 0 Å². The van der Waals surface area contributed by atoms with Crippen molar-refractivity contribution in [2.75, 3.05) is 11.4 Å². The number of nitrogens with zero attached hydrogens (tertiary/aromatic N) is 1. The Bertz CT molecular complexity index is 549. The van der Waals surface area contributed by atoms with Crippen molar-refractivity contribution >= 4 is 11.6 Å². The predicted octanol–water partition coefficient (Wildman–Crippen LogP) is 3.23. The van der Waals surface area contributed by atoms with Gasteiger partial charge in [0.2, 0.25) is 0 Å². The van der Waals surface area contributed by atoms with Crippen molar-refractivity contribution in [3.63, 3.8) is 0 Å². The Morgan fingerprint density at radius 3 is 2.55 bits per heavy atom. The van der Waals surface area contributed by atoms with Crippen molar-refractivity contribution in [1.29, 1.82) is 0 Å². The van der Waals surface area contributed by atoms with Gasteiger partial charge in [0.25, 0.3) is 5.91 Å². The van der Waals surface area contributed by atoms with Crippen molar-refractivity contribution in [2.45, 2.75) is 65.0 Å². The fourth-order valence-corrected chi connectivity index (χ4v) is 2.60. The first-order valence-corrected chi connectivity index (χ1v) is 8.16. The average Bonchev–Trinajstić information content (AvgIpc) is 2.48. The van der Waals surface area contributed by atoms with E-state index in [4.69, 9.17) is 10.5 Å². The minimum Gasteiger partial charge on any atom is -0.478 e. The van der Waals surface area contributed by atoms with Crippen LogP contribution in [0, 0.1) is 0 Å². The number of rotatable bonds is 4. The Labute approximate surface area is 133 Å². The van der Waals surface area contributed by atoms with Crippen LogP contribution in [-0.4, -0.2) is 24.6 Å². The lowest BCUT2D eigenvalue weighted by Gasteiger charge is -2.36. The molecule has 1 amide bonds. The lowest BCUT2D eigenvalue weighted by atomic mass is 9.86. The molecule has 0 aliphatic carbocycles. The van der Waals surface area contributed by atoms with Gasteiger partial charge in [-0.1, -0.05) is 40.7 Å². The van der Waals surface area contributed by atoms with Crippen molar-refractivity contribution < 1.29 is 9.53 Å². The molecule has 1 aromatic rings. The van der Waals surface area contributed by atoms with E-state index in [2.05, 4.69) is 32.9 Å². The van der Waals surface area contributed by atoms with E-state index in [1.165, 1.54) is 5.56 Å². The Hall–Kier alpha value is -1.55. The van der Waals surface area contributed by atoms with Crippen LogP contribution in [0.4, 0.5) is 5.69 Å². The molecule has 0 spiro atoms. The SMILES string of the molecule is CCC(N)CN1C(=O)C(CC)Oc2ccc(C(C)(C)C)cc21. The van der Waals surface area contributed by atoms with Crippen LogP contribution in [0.15, 0.2) is 18.2 Å². The maximum absolute atomic E-state index is 12.7. The zero-order chi connectivity index (χ0) is 16.5. The van der Waals surface area contributed by atoms with Crippen molar-refractivity contribution in [3.8, 4) is 5.75 Å². The molecule has 0 saturated heterocycles. The van der Waals surface area contributed by atoms with Gasteiger partial charge in [-0.05, 0) is 36.0 Å². The number of carbonyl (C=O) groups is 1. The van der Waals surface area contributed by atoms with Crippen LogP contribution in [0.5, 0.6) is 5.75 Å². The summed E-state index contributed by atoms with van der Waals surface area (Å²) in [5.41, 5.74) is 8.17. The Morgan fingerprint density at radius 2 is 2.00 bits per heavy atom. The van der Waals surface area contributed by atoms with Crippen LogP contribution < -0.4 is 15.4 Å². The van der Waals surface area contributed by atoms with Crippen LogP contribution in [0.25, 0.3) is 0 Å². The molecule has 0 fully saturated rings. The molecule has 1 aliphatic heterocycles. The monoisotopic (exact) mass is 304 g/mol. The van der Waals surface area contributed by atoms with E-state index < -0.39 is 6.10 Å². The molecule has 2 atom stereocenters. The van der Waals surface area contributed by atoms with Crippen LogP contribution in [0.2, 0.25) is 0 Å². The van der Waals surface area contributed by atoms with Gasteiger partial charge in [-0.3, -0.25) is 4.79 Å². The molecular formula is C18H28N2O2. The molecule has 4 heteroatoms. The average molecular weight is 304 g/mol. The number of anilines is 1. The first kappa shape index (κ1) is 16.8. The summed E-state index contributed by atoms with van der Waals surface area (Å²) in [6.07, 6.45) is 1.10. The summed E-state index contributed by atoms with van der Waals surface area (Å²) in [5.74, 6) is 0.799. The summed E-state index contributed by atoms with van der Waals surface area (Å²) in [5, 5.41) is 0. The Kier molecular flexibility index (Phi) is 4.81. The fourth-order valence-electron chi connectivity index (χ4n) is 2.60. The van der Waals surface area contributed by atoms with E-state index in [0.29, 0.717) is 13.0 Å². The molecule has 1 aromatic carbocycles. The number of fused-ring (bicyclic) bond motifs is 1. The number of ether oxygens (including phenoxy) is 1. The van der Waals surface area contributed by atoms with E-state index in [0.717, 1.165) is 17.9 Å². The lowest BCUT2D eigenvalue weighted by Crippen LogP contribution is -2.50. The van der Waals surface area contributed by atoms with E-state index in [1.54, 1.807) is 0 Å². The number of hydrogen-bond acceptors (Lipinski definition) is 3. The van der Waals surface area contributed by atoms with Crippen LogP contribution >= 0.6 is 0 Å². The molecule has 22 heavy (non-hydrogen) atoms. The third-order valence-corrected chi connectivity index (χ3v) is 4.24. The second-order valence-corrected chi connectivity index (χ2v) is 7.06. The van der Waals surface area contributed by atoms with E-state index in [-0.39, 0.29) is 17.4 Å². The van der Waals surface area contributed by atoms with Gasteiger partial charge < -0.3 is 15.4 Å². The number of hydrogen-bond donors (Lipinski definition) is 1. The van der Waals surface area contributed by atoms with Crippen LogP contribution in [0.1, 0.15) is 53.0 Å². The Morgan fingerprint density at radius 1 is 1.32 bits per heavy atom. The zero-order valence-corrected chi connectivity index (χ0v) is 14.3. The molecule has 0 saturated carbocycles. The molecule has 0 aromatic heterocycles. The van der Waals surface area contributed by atoms with Crippen LogP contribution in [0.3, 0.4) is 0 Å². The summed E-state index contributed by atoms with van der Waals surface area (Å²) >= 11 is 0. The molecule has 1 heterocycles. The van der Waals surface area contributed by atoms with Gasteiger partial charge in [0.1, 0.15) is 5.75 Å². The topological polar surface area (TPSA) is 55.6 Å². The highest BCUT2D eigenvalue weighted by molar-refractivity contribution is 6.00. The smallest absolute Gasteiger partial charge is 0.268 e. The van der Waals surface area contributed by atoms with E-state index in [9.17, 15) is 4.79 Å². The van der Waals surface area contributed by atoms with Gasteiger partial charge >= 0.3 is 0 Å². The second-order valence-electron chi connectivity index (χ2n) is 7.06. The minimum absolute atomic E-state index is 0.0185. The number of benzene rings is 1. The van der Waals surface area contributed by atoms with Crippen molar-refractivity contribution in [1.82, 2.24) is 0 Å². The molecule has 122 valence electrons. The first-order valence-electron chi connectivity index (χ1n) is 8.16. The summed E-state index contributed by atoms with van der Waals surface area (Å²) in [6.45, 7) is 11.0. The molecule has 2 unspecified atom stereocenters. The number of carbonyl (C=O) groups excluding carboxylic acids is 1. The maximum atomic E-state index is 12.7. The zero-order valence-electron chi connectivity index (χ0n) is 14.3. The number of nitrogens with two attached hydrogens (primary N) is 1. The van der Waals surface area contributed by atoms with E-state index in [1.807, 2.05) is 24.8 Å². The van der Waals surface area contributed by atoms with Crippen molar-refractivity contribution in [2.24, 2.45) is 5.73 Å². The largest absolute Gasteiger partial charge is 0.478 e. The molecular weight excluding hydrogens is 276 g/mol. The third-order valence-electron chi connectivity index (χ3n) is 4.24. The lowest BCUT2D eigenvalue weighted by molar-refractivity contribution is -0.126. The fraction of sp³-hybridized carbons (Fsp3) is 0.611. The van der Waals surface area contributed by atoms with Gasteiger partial charge in [-0.25, -0.2) is 0 Å². The van der Waals surface area contributed by atoms with Gasteiger partial charge in [0.05, 0.1) is 5.69 Å². The predicted molar refractivity (Wildman–Crippen MR) is 90.5 cm³/mol. The summed E-state index contributed by atoms with van der Waals surface area (Å²) < 4.78 is 5.87. The highest BCUT2D eigenvalue weighted by Crippen LogP contribution is 2.38. The van der Waals surface area contributed by atoms with Gasteiger partial charge in [0.15, 0.2) is 6.10 Å². The molecule has 2 N–H and O–H groups in total. The molecule has 2 rings (SSSR count). The second kappa shape index (κ2) is 6.29. The molecule has 1 aliphatic rings. The standard InChI is InChI=1S/C18H28N2O2/c1-6-13(19)11-20-14-10-12(18(3,4)5)8-9-16(14)22-15(7-2)17(20)21/h8-10,13,15H,6-7,11,19H2,1-5H3. The highest BCUT2D eigenvalue weighted by Gasteiger charge is 2.34. The van der Waals surface area contributed by atoms with Gasteiger partial charge in [-0.15, -0.1) is 0 Å². The molecule has 0 radical (unpaired) electrons. The van der Waals surface area contributed by atoms with Crippen molar-refractivity contribution in [3.05, 3.63) is 23.8 Å². The third kappa shape index (κ3) is 3.27. The van der Waals surface area contributed by atoms with E-state index >= 15 is 0 Å². The normalized spacial score (nSPS) is 19.6. The summed E-state index contributed by atoms with van der Waals surface area (Å²) in [7, 11) is 0. The quantitative estimate of drug-likeness (QED) is 0.929. The van der Waals surface area contributed by atoms with Crippen LogP contribution in [-0.2, 0) is 10.2 Å². The highest BCUT2D eigenvalue weighted by atomic mass is 16.5. The first-order chi connectivity index (χ1) is 10.3. The van der Waals surface area contributed by atoms with Gasteiger partial charge in [0, 0.05) is 12.6 Å². The summed E-state index contributed by atoms with van der Waals surface area (Å²) in [4.78, 5) is 14.5. The molecule has 4 nitrogen and oxygen atoms in total.